The zero-order valence-corrected chi connectivity index (χ0v) is 13.9. The SMILES string of the molecule is CC(C)(C)NCc1cnc(N2CC(=O)NC(=O)C2(C)C)s1. The molecule has 116 valence electrons. The van der Waals surface area contributed by atoms with Gasteiger partial charge in [-0.1, -0.05) is 0 Å². The van der Waals surface area contributed by atoms with Crippen molar-refractivity contribution in [3.05, 3.63) is 11.1 Å². The maximum absolute atomic E-state index is 12.0. The number of rotatable bonds is 3. The van der Waals surface area contributed by atoms with Crippen LogP contribution >= 0.6 is 11.3 Å². The molecule has 2 heterocycles. The first-order chi connectivity index (χ1) is 9.59. The number of piperazine rings is 1. The van der Waals surface area contributed by atoms with E-state index < -0.39 is 5.54 Å². The van der Waals surface area contributed by atoms with Crippen LogP contribution in [0.4, 0.5) is 5.13 Å². The minimum Gasteiger partial charge on any atom is -0.325 e. The van der Waals surface area contributed by atoms with Crippen LogP contribution < -0.4 is 15.5 Å². The molecule has 0 atom stereocenters. The average molecular weight is 310 g/mol. The third kappa shape index (κ3) is 3.59. The Hall–Kier alpha value is -1.47. The number of anilines is 1. The molecule has 0 unspecified atom stereocenters. The van der Waals surface area contributed by atoms with Gasteiger partial charge in [0.1, 0.15) is 12.1 Å². The largest absolute Gasteiger partial charge is 0.325 e. The fraction of sp³-hybridized carbons (Fsp3) is 0.643. The average Bonchev–Trinajstić information content (AvgIpc) is 2.79. The number of nitrogens with zero attached hydrogens (tertiary/aromatic N) is 2. The van der Waals surface area contributed by atoms with Crippen molar-refractivity contribution < 1.29 is 9.59 Å². The maximum Gasteiger partial charge on any atom is 0.251 e. The van der Waals surface area contributed by atoms with Crippen LogP contribution in [0, 0.1) is 0 Å². The van der Waals surface area contributed by atoms with E-state index >= 15 is 0 Å². The van der Waals surface area contributed by atoms with Crippen molar-refractivity contribution in [3.63, 3.8) is 0 Å². The summed E-state index contributed by atoms with van der Waals surface area (Å²) in [4.78, 5) is 30.8. The Kier molecular flexibility index (Phi) is 4.08. The number of amides is 2. The standard InChI is InChI=1S/C14H22N4O2S/c1-13(2,3)16-7-9-6-15-12(21-9)18-8-10(19)17-11(20)14(18,4)5/h6,16H,7-8H2,1-5H3,(H,17,19,20). The molecule has 0 saturated carbocycles. The zero-order chi connectivity index (χ0) is 15.8. The molecule has 6 nitrogen and oxygen atoms in total. The van der Waals surface area contributed by atoms with Crippen LogP contribution in [0.3, 0.4) is 0 Å². The highest BCUT2D eigenvalue weighted by molar-refractivity contribution is 7.15. The number of carbonyl (C=O) groups is 2. The molecule has 2 N–H and O–H groups in total. The van der Waals surface area contributed by atoms with Gasteiger partial charge in [0.2, 0.25) is 5.91 Å². The van der Waals surface area contributed by atoms with Crippen molar-refractivity contribution in [2.75, 3.05) is 11.4 Å². The molecule has 0 spiro atoms. The van der Waals surface area contributed by atoms with Gasteiger partial charge in [-0.05, 0) is 34.6 Å². The molecule has 1 aliphatic heterocycles. The van der Waals surface area contributed by atoms with E-state index in [4.69, 9.17) is 0 Å². The van der Waals surface area contributed by atoms with Crippen molar-refractivity contribution in [2.24, 2.45) is 0 Å². The summed E-state index contributed by atoms with van der Waals surface area (Å²) in [5, 5.41) is 6.47. The number of imide groups is 1. The van der Waals surface area contributed by atoms with Crippen LogP contribution in [-0.2, 0) is 16.1 Å². The highest BCUT2D eigenvalue weighted by Gasteiger charge is 2.42. The third-order valence-electron chi connectivity index (χ3n) is 3.35. The van der Waals surface area contributed by atoms with E-state index in [9.17, 15) is 9.59 Å². The topological polar surface area (TPSA) is 74.3 Å². The minimum absolute atomic E-state index is 0.0321. The van der Waals surface area contributed by atoms with Gasteiger partial charge < -0.3 is 10.2 Å². The summed E-state index contributed by atoms with van der Waals surface area (Å²) in [6.07, 6.45) is 1.80. The number of thiazole rings is 1. The van der Waals surface area contributed by atoms with Gasteiger partial charge in [0.05, 0.1) is 0 Å². The molecule has 0 aliphatic carbocycles. The Balaban J connectivity index is 2.16. The van der Waals surface area contributed by atoms with Crippen molar-refractivity contribution in [2.45, 2.75) is 52.2 Å². The van der Waals surface area contributed by atoms with Gasteiger partial charge in [0.15, 0.2) is 5.13 Å². The first-order valence-electron chi connectivity index (χ1n) is 6.91. The van der Waals surface area contributed by atoms with E-state index in [0.717, 1.165) is 11.4 Å². The van der Waals surface area contributed by atoms with Gasteiger partial charge in [0.25, 0.3) is 5.91 Å². The quantitative estimate of drug-likeness (QED) is 0.823. The lowest BCUT2D eigenvalue weighted by atomic mass is 10.00. The molecule has 2 amide bonds. The molecule has 0 aromatic carbocycles. The molecule has 1 aromatic rings. The van der Waals surface area contributed by atoms with E-state index in [1.165, 1.54) is 11.3 Å². The van der Waals surface area contributed by atoms with Gasteiger partial charge in [-0.2, -0.15) is 0 Å². The molecule has 1 fully saturated rings. The summed E-state index contributed by atoms with van der Waals surface area (Å²) in [6, 6.07) is 0. The summed E-state index contributed by atoms with van der Waals surface area (Å²) in [5.74, 6) is -0.577. The number of nitrogens with one attached hydrogen (secondary N) is 2. The molecule has 1 aliphatic rings. The predicted molar refractivity (Wildman–Crippen MR) is 83.3 cm³/mol. The van der Waals surface area contributed by atoms with Gasteiger partial charge in [0, 0.05) is 23.2 Å². The summed E-state index contributed by atoms with van der Waals surface area (Å²) in [6.45, 7) is 10.8. The third-order valence-corrected chi connectivity index (χ3v) is 4.37. The second-order valence-electron chi connectivity index (χ2n) is 6.74. The van der Waals surface area contributed by atoms with Crippen molar-refractivity contribution in [1.29, 1.82) is 0 Å². The van der Waals surface area contributed by atoms with Gasteiger partial charge >= 0.3 is 0 Å². The summed E-state index contributed by atoms with van der Waals surface area (Å²) >= 11 is 1.51. The van der Waals surface area contributed by atoms with E-state index in [-0.39, 0.29) is 23.9 Å². The molecule has 0 radical (unpaired) electrons. The molecule has 0 bridgehead atoms. The zero-order valence-electron chi connectivity index (χ0n) is 13.1. The minimum atomic E-state index is -0.777. The van der Waals surface area contributed by atoms with Crippen LogP contribution in [0.25, 0.3) is 0 Å². The second kappa shape index (κ2) is 5.38. The van der Waals surface area contributed by atoms with Crippen LogP contribution in [0.15, 0.2) is 6.20 Å². The Labute approximate surface area is 128 Å². The van der Waals surface area contributed by atoms with Gasteiger partial charge in [-0.3, -0.25) is 14.9 Å². The van der Waals surface area contributed by atoms with Gasteiger partial charge in [-0.25, -0.2) is 4.98 Å². The Bertz CT molecular complexity index is 560. The van der Waals surface area contributed by atoms with Crippen LogP contribution in [0.2, 0.25) is 0 Å². The maximum atomic E-state index is 12.0. The first-order valence-corrected chi connectivity index (χ1v) is 7.73. The van der Waals surface area contributed by atoms with E-state index in [0.29, 0.717) is 5.13 Å². The number of hydrogen-bond donors (Lipinski definition) is 2. The Morgan fingerprint density at radius 3 is 2.71 bits per heavy atom. The van der Waals surface area contributed by atoms with E-state index in [2.05, 4.69) is 36.4 Å². The fourth-order valence-electron chi connectivity index (χ4n) is 1.95. The number of aromatic nitrogens is 1. The molecule has 21 heavy (non-hydrogen) atoms. The van der Waals surface area contributed by atoms with Crippen molar-refractivity contribution in [3.8, 4) is 0 Å². The number of hydrogen-bond acceptors (Lipinski definition) is 6. The lowest BCUT2D eigenvalue weighted by Crippen LogP contribution is -2.64. The van der Waals surface area contributed by atoms with Crippen LogP contribution in [0.5, 0.6) is 0 Å². The van der Waals surface area contributed by atoms with E-state index in [1.54, 1.807) is 24.9 Å². The lowest BCUT2D eigenvalue weighted by Gasteiger charge is -2.39. The molecule has 1 aromatic heterocycles. The molecular formula is C14H22N4O2S. The van der Waals surface area contributed by atoms with Crippen LogP contribution in [0.1, 0.15) is 39.5 Å². The summed E-state index contributed by atoms with van der Waals surface area (Å²) in [7, 11) is 0. The molecule has 7 heteroatoms. The smallest absolute Gasteiger partial charge is 0.251 e. The summed E-state index contributed by atoms with van der Waals surface area (Å²) in [5.41, 5.74) is -0.745. The van der Waals surface area contributed by atoms with Crippen molar-refractivity contribution >= 4 is 28.3 Å². The number of carbonyl (C=O) groups excluding carboxylic acids is 2. The van der Waals surface area contributed by atoms with Gasteiger partial charge in [-0.15, -0.1) is 11.3 Å². The Morgan fingerprint density at radius 2 is 2.10 bits per heavy atom. The lowest BCUT2D eigenvalue weighted by molar-refractivity contribution is -0.135. The summed E-state index contributed by atoms with van der Waals surface area (Å²) < 4.78 is 0. The molecule has 1 saturated heterocycles. The fourth-order valence-corrected chi connectivity index (χ4v) is 2.94. The Morgan fingerprint density at radius 1 is 1.43 bits per heavy atom. The van der Waals surface area contributed by atoms with Crippen molar-refractivity contribution in [1.82, 2.24) is 15.6 Å². The normalized spacial score (nSPS) is 18.8. The van der Waals surface area contributed by atoms with E-state index in [1.807, 2.05) is 0 Å². The highest BCUT2D eigenvalue weighted by atomic mass is 32.1. The predicted octanol–water partition coefficient (Wildman–Crippen LogP) is 1.27. The highest BCUT2D eigenvalue weighted by Crippen LogP contribution is 2.30. The second-order valence-corrected chi connectivity index (χ2v) is 7.83. The molecule has 2 rings (SSSR count). The first kappa shape index (κ1) is 15.9. The van der Waals surface area contributed by atoms with Crippen LogP contribution in [-0.4, -0.2) is 34.4 Å². The molecular weight excluding hydrogens is 288 g/mol. The monoisotopic (exact) mass is 310 g/mol.